The molecule has 0 spiro atoms. The summed E-state index contributed by atoms with van der Waals surface area (Å²) in [7, 11) is 3.35. The van der Waals surface area contributed by atoms with Gasteiger partial charge >= 0.3 is 0 Å². The van der Waals surface area contributed by atoms with Crippen LogP contribution < -0.4 is 9.47 Å². The summed E-state index contributed by atoms with van der Waals surface area (Å²) in [6, 6.07) is 46.1. The van der Waals surface area contributed by atoms with Crippen molar-refractivity contribution in [1.82, 2.24) is 0 Å². The number of methoxy groups -OCH3 is 2. The van der Waals surface area contributed by atoms with Crippen LogP contribution in [0.15, 0.2) is 133 Å². The number of aliphatic hydroxyl groups is 1. The van der Waals surface area contributed by atoms with Gasteiger partial charge in [-0.15, -0.1) is 0 Å². The van der Waals surface area contributed by atoms with E-state index in [-0.39, 0.29) is 12.5 Å². The van der Waals surface area contributed by atoms with Crippen molar-refractivity contribution in [3.63, 3.8) is 0 Å². The summed E-state index contributed by atoms with van der Waals surface area (Å²) in [6.07, 6.45) is -0.469. The van der Waals surface area contributed by atoms with Crippen LogP contribution in [0.2, 0.25) is 0 Å². The molecule has 0 aliphatic heterocycles. The Morgan fingerprint density at radius 2 is 1.07 bits per heavy atom. The molecule has 7 aromatic rings. The first-order chi connectivity index (χ1) is 22.1. The Balaban J connectivity index is 1.51. The van der Waals surface area contributed by atoms with Crippen LogP contribution in [0.4, 0.5) is 0 Å². The molecule has 2 atom stereocenters. The van der Waals surface area contributed by atoms with E-state index < -0.39 is 11.7 Å². The number of hydrogen-bond acceptors (Lipinski definition) is 4. The Kier molecular flexibility index (Phi) is 7.62. The Bertz CT molecular complexity index is 1990. The summed E-state index contributed by atoms with van der Waals surface area (Å²) in [5, 5.41) is 18.0. The molecule has 1 N–H and O–H groups in total. The molecule has 224 valence electrons. The Hall–Kier alpha value is -4.90. The van der Waals surface area contributed by atoms with Crippen LogP contribution in [0.25, 0.3) is 32.3 Å². The van der Waals surface area contributed by atoms with E-state index in [0.717, 1.165) is 39.1 Å². The average molecular weight is 593 g/mol. The van der Waals surface area contributed by atoms with E-state index in [4.69, 9.17) is 14.2 Å². The van der Waals surface area contributed by atoms with E-state index in [2.05, 4.69) is 97.9 Å². The highest BCUT2D eigenvalue weighted by molar-refractivity contribution is 6.23. The summed E-state index contributed by atoms with van der Waals surface area (Å²) < 4.78 is 18.7. The average Bonchev–Trinajstić information content (AvgIpc) is 3.11. The first-order valence-corrected chi connectivity index (χ1v) is 15.4. The van der Waals surface area contributed by atoms with Gasteiger partial charge in [0, 0.05) is 12.5 Å². The predicted octanol–water partition coefficient (Wildman–Crippen LogP) is 9.28. The third-order valence-corrected chi connectivity index (χ3v) is 9.15. The fourth-order valence-electron chi connectivity index (χ4n) is 6.81. The van der Waals surface area contributed by atoms with E-state index in [0.29, 0.717) is 0 Å². The molecular weight excluding hydrogens is 556 g/mol. The SMILES string of the molecule is COc1ccc(C(OC(c2ccc3ccc4cccc5ccc2c3c45)C(C)CO)(c2ccccc2)c2ccc(OC)cc2)cc1. The molecule has 0 bridgehead atoms. The molecule has 0 aliphatic rings. The molecule has 45 heavy (non-hydrogen) atoms. The van der Waals surface area contributed by atoms with E-state index in [1.165, 1.54) is 26.9 Å². The van der Waals surface area contributed by atoms with E-state index >= 15 is 0 Å². The summed E-state index contributed by atoms with van der Waals surface area (Å²) >= 11 is 0. The number of rotatable bonds is 10. The summed E-state index contributed by atoms with van der Waals surface area (Å²) in [5.41, 5.74) is 2.90. The number of hydrogen-bond donors (Lipinski definition) is 1. The molecule has 0 saturated heterocycles. The van der Waals surface area contributed by atoms with Crippen molar-refractivity contribution >= 4 is 32.3 Å². The highest BCUT2D eigenvalue weighted by Gasteiger charge is 2.42. The summed E-state index contributed by atoms with van der Waals surface area (Å²) in [4.78, 5) is 0. The van der Waals surface area contributed by atoms with Crippen molar-refractivity contribution in [2.75, 3.05) is 20.8 Å². The second-order valence-electron chi connectivity index (χ2n) is 11.7. The van der Waals surface area contributed by atoms with Gasteiger partial charge in [0.05, 0.1) is 20.3 Å². The summed E-state index contributed by atoms with van der Waals surface area (Å²) in [5.74, 6) is 1.31. The van der Waals surface area contributed by atoms with Gasteiger partial charge in [0.25, 0.3) is 0 Å². The lowest BCUT2D eigenvalue weighted by molar-refractivity contribution is -0.0818. The lowest BCUT2D eigenvalue weighted by atomic mass is 9.79. The largest absolute Gasteiger partial charge is 0.497 e. The van der Waals surface area contributed by atoms with E-state index in [1.807, 2.05) is 42.5 Å². The van der Waals surface area contributed by atoms with Gasteiger partial charge in [-0.05, 0) is 78.8 Å². The highest BCUT2D eigenvalue weighted by atomic mass is 16.5. The van der Waals surface area contributed by atoms with Gasteiger partial charge in [-0.3, -0.25) is 0 Å². The molecule has 7 rings (SSSR count). The first-order valence-electron chi connectivity index (χ1n) is 15.4. The van der Waals surface area contributed by atoms with Crippen LogP contribution in [0.1, 0.15) is 35.3 Å². The minimum absolute atomic E-state index is 0.0389. The molecule has 7 aromatic carbocycles. The van der Waals surface area contributed by atoms with Crippen molar-refractivity contribution < 1.29 is 19.3 Å². The first kappa shape index (κ1) is 28.8. The van der Waals surface area contributed by atoms with Gasteiger partial charge in [-0.25, -0.2) is 0 Å². The fourth-order valence-corrected chi connectivity index (χ4v) is 6.81. The van der Waals surface area contributed by atoms with Crippen LogP contribution in [-0.4, -0.2) is 25.9 Å². The molecular formula is C41H36O4. The molecule has 0 fully saturated rings. The van der Waals surface area contributed by atoms with E-state index in [1.54, 1.807) is 14.2 Å². The van der Waals surface area contributed by atoms with Gasteiger partial charge in [-0.2, -0.15) is 0 Å². The molecule has 0 heterocycles. The summed E-state index contributed by atoms with van der Waals surface area (Å²) in [6.45, 7) is 2.02. The minimum atomic E-state index is -1.03. The van der Waals surface area contributed by atoms with E-state index in [9.17, 15) is 5.11 Å². The van der Waals surface area contributed by atoms with Crippen molar-refractivity contribution in [2.24, 2.45) is 5.92 Å². The second kappa shape index (κ2) is 11.9. The third kappa shape index (κ3) is 4.87. The molecule has 0 radical (unpaired) electrons. The zero-order valence-electron chi connectivity index (χ0n) is 25.7. The van der Waals surface area contributed by atoms with Crippen LogP contribution in [0.3, 0.4) is 0 Å². The van der Waals surface area contributed by atoms with Crippen LogP contribution >= 0.6 is 0 Å². The fraction of sp³-hybridized carbons (Fsp3) is 0.171. The van der Waals surface area contributed by atoms with Gasteiger partial charge in [-0.1, -0.05) is 116 Å². The maximum absolute atomic E-state index is 10.7. The smallest absolute Gasteiger partial charge is 0.144 e. The molecule has 0 aromatic heterocycles. The zero-order valence-corrected chi connectivity index (χ0v) is 25.7. The standard InChI is InChI=1S/C41H36O4/c1-27(26-42)40(37-25-15-30-13-12-28-8-7-9-29-14-24-36(37)39(30)38(28)29)45-41(31-10-5-4-6-11-31,32-16-20-34(43-2)21-17-32)33-18-22-35(44-3)23-19-33/h4-25,27,40,42H,26H2,1-3H3. The quantitative estimate of drug-likeness (QED) is 0.127. The molecule has 4 nitrogen and oxygen atoms in total. The lowest BCUT2D eigenvalue weighted by Crippen LogP contribution is -2.36. The van der Waals surface area contributed by atoms with Gasteiger partial charge < -0.3 is 19.3 Å². The van der Waals surface area contributed by atoms with Crippen LogP contribution in [0.5, 0.6) is 11.5 Å². The Morgan fingerprint density at radius 1 is 0.556 bits per heavy atom. The maximum Gasteiger partial charge on any atom is 0.144 e. The third-order valence-electron chi connectivity index (χ3n) is 9.15. The van der Waals surface area contributed by atoms with Crippen molar-refractivity contribution in [2.45, 2.75) is 18.6 Å². The normalized spacial score (nSPS) is 13.3. The number of aliphatic hydroxyl groups excluding tert-OH is 1. The number of ether oxygens (including phenoxy) is 3. The molecule has 0 amide bonds. The monoisotopic (exact) mass is 592 g/mol. The highest BCUT2D eigenvalue weighted by Crippen LogP contribution is 2.48. The molecule has 4 heteroatoms. The maximum atomic E-state index is 10.7. The minimum Gasteiger partial charge on any atom is -0.497 e. The molecule has 0 aliphatic carbocycles. The van der Waals surface area contributed by atoms with Crippen molar-refractivity contribution in [3.05, 3.63) is 156 Å². The predicted molar refractivity (Wildman–Crippen MR) is 183 cm³/mol. The van der Waals surface area contributed by atoms with Gasteiger partial charge in [0.15, 0.2) is 0 Å². The van der Waals surface area contributed by atoms with Crippen molar-refractivity contribution in [1.29, 1.82) is 0 Å². The second-order valence-corrected chi connectivity index (χ2v) is 11.7. The van der Waals surface area contributed by atoms with Crippen molar-refractivity contribution in [3.8, 4) is 11.5 Å². The van der Waals surface area contributed by atoms with Gasteiger partial charge in [0.1, 0.15) is 17.1 Å². The lowest BCUT2D eigenvalue weighted by Gasteiger charge is -2.41. The zero-order chi connectivity index (χ0) is 31.0. The van der Waals surface area contributed by atoms with Crippen LogP contribution in [0, 0.1) is 5.92 Å². The Labute approximate surface area is 263 Å². The Morgan fingerprint density at radius 3 is 1.62 bits per heavy atom. The molecule has 0 saturated carbocycles. The topological polar surface area (TPSA) is 47.9 Å². The number of benzene rings is 7. The van der Waals surface area contributed by atoms with Gasteiger partial charge in [0.2, 0.25) is 0 Å². The molecule has 2 unspecified atom stereocenters. The van der Waals surface area contributed by atoms with Crippen LogP contribution in [-0.2, 0) is 10.3 Å².